The van der Waals surface area contributed by atoms with E-state index in [4.69, 9.17) is 19.0 Å². The number of unbranched alkanes of at least 4 members (excludes halogenated alkanes) is 7. The molecule has 0 fully saturated rings. The van der Waals surface area contributed by atoms with Crippen molar-refractivity contribution in [3.8, 4) is 0 Å². The summed E-state index contributed by atoms with van der Waals surface area (Å²) < 4.78 is 20.2. The van der Waals surface area contributed by atoms with Gasteiger partial charge in [-0.15, -0.1) is 0 Å². The molecular formula is C37H81NO3Si3. The second-order valence-electron chi connectivity index (χ2n) is 18.7. The maximum Gasteiger partial charge on any atom is 0.192 e. The van der Waals surface area contributed by atoms with Gasteiger partial charge in [0.15, 0.2) is 25.0 Å². The molecule has 44 heavy (non-hydrogen) atoms. The van der Waals surface area contributed by atoms with Gasteiger partial charge in [-0.25, -0.2) is 0 Å². The largest absolute Gasteiger partial charge is 0.415 e. The van der Waals surface area contributed by atoms with Gasteiger partial charge in [0.05, 0.1) is 18.8 Å². The van der Waals surface area contributed by atoms with Crippen LogP contribution in [0, 0.1) is 5.92 Å². The molecule has 7 heteroatoms. The fourth-order valence-corrected chi connectivity index (χ4v) is 8.23. The quantitative estimate of drug-likeness (QED) is 0.0749. The standard InChI is InChI=1S/C37H81NO3Si3/c1-31(2)29-32(40-43(14,15)36(6,7)8)27-25-23-21-19-18-20-22-24-26-28-34(41-44(16,17)37(9,10)11)33(38)30-39-42(12,13)35(3,4)5/h26,28,31-34H,18-25,27,29-30,38H2,1-17H3/b28-26+/t32-,33-,34+/m0/s1. The van der Waals surface area contributed by atoms with Crippen LogP contribution in [-0.2, 0) is 13.3 Å². The fraction of sp³-hybridized carbons (Fsp3) is 0.946. The zero-order valence-electron chi connectivity index (χ0n) is 33.0. The van der Waals surface area contributed by atoms with Crippen LogP contribution in [0.5, 0.6) is 0 Å². The average Bonchev–Trinajstić information content (AvgIpc) is 2.82. The lowest BCUT2D eigenvalue weighted by molar-refractivity contribution is 0.143. The summed E-state index contributed by atoms with van der Waals surface area (Å²) in [5, 5.41) is 0.598. The topological polar surface area (TPSA) is 53.7 Å². The van der Waals surface area contributed by atoms with E-state index in [1.54, 1.807) is 0 Å². The second-order valence-corrected chi connectivity index (χ2v) is 33.0. The van der Waals surface area contributed by atoms with Gasteiger partial charge in [-0.3, -0.25) is 0 Å². The first-order chi connectivity index (χ1) is 19.7. The molecular weight excluding hydrogens is 591 g/mol. The molecule has 0 saturated carbocycles. The Hall–Kier alpha value is 0.231. The van der Waals surface area contributed by atoms with Gasteiger partial charge in [-0.2, -0.15) is 0 Å². The summed E-state index contributed by atoms with van der Waals surface area (Å²) in [6.45, 7) is 40.0. The molecule has 0 aromatic heterocycles. The van der Waals surface area contributed by atoms with Crippen molar-refractivity contribution in [3.63, 3.8) is 0 Å². The lowest BCUT2D eigenvalue weighted by atomic mass is 10.00. The Kier molecular flexibility index (Phi) is 18.8. The molecule has 0 aromatic rings. The normalized spacial score (nSPS) is 16.6. The van der Waals surface area contributed by atoms with E-state index in [-0.39, 0.29) is 27.3 Å². The van der Waals surface area contributed by atoms with Crippen molar-refractivity contribution in [2.24, 2.45) is 11.7 Å². The molecule has 0 heterocycles. The minimum atomic E-state index is -1.96. The molecule has 0 amide bonds. The third kappa shape index (κ3) is 16.9. The van der Waals surface area contributed by atoms with Gasteiger partial charge in [-0.05, 0) is 86.0 Å². The van der Waals surface area contributed by atoms with Gasteiger partial charge in [0.1, 0.15) is 0 Å². The Morgan fingerprint density at radius 3 is 1.50 bits per heavy atom. The van der Waals surface area contributed by atoms with Crippen molar-refractivity contribution in [1.82, 2.24) is 0 Å². The average molecular weight is 672 g/mol. The van der Waals surface area contributed by atoms with E-state index < -0.39 is 25.0 Å². The number of rotatable bonds is 21. The van der Waals surface area contributed by atoms with Crippen molar-refractivity contribution in [2.45, 2.75) is 213 Å². The number of hydrogen-bond donors (Lipinski definition) is 1. The predicted octanol–water partition coefficient (Wildman–Crippen LogP) is 12.2. The van der Waals surface area contributed by atoms with Crippen LogP contribution in [0.1, 0.15) is 140 Å². The summed E-state index contributed by atoms with van der Waals surface area (Å²) in [6, 6.07) is -0.151. The lowest BCUT2D eigenvalue weighted by Gasteiger charge is -2.41. The van der Waals surface area contributed by atoms with Crippen LogP contribution in [0.4, 0.5) is 0 Å². The minimum Gasteiger partial charge on any atom is -0.415 e. The first kappa shape index (κ1) is 44.2. The van der Waals surface area contributed by atoms with E-state index >= 15 is 0 Å². The van der Waals surface area contributed by atoms with Gasteiger partial charge in [-0.1, -0.05) is 127 Å². The Balaban J connectivity index is 4.72. The summed E-state index contributed by atoms with van der Waals surface area (Å²) in [6.07, 6.45) is 17.6. The summed E-state index contributed by atoms with van der Waals surface area (Å²) in [7, 11) is -5.52. The van der Waals surface area contributed by atoms with Crippen LogP contribution in [0.2, 0.25) is 54.4 Å². The second kappa shape index (κ2) is 18.7. The van der Waals surface area contributed by atoms with E-state index in [9.17, 15) is 0 Å². The van der Waals surface area contributed by atoms with Crippen LogP contribution >= 0.6 is 0 Å². The van der Waals surface area contributed by atoms with E-state index in [1.165, 1.54) is 57.8 Å². The van der Waals surface area contributed by atoms with Crippen LogP contribution in [0.25, 0.3) is 0 Å². The van der Waals surface area contributed by atoms with Crippen molar-refractivity contribution < 1.29 is 13.3 Å². The highest BCUT2D eigenvalue weighted by Gasteiger charge is 2.42. The SMILES string of the molecule is CC(C)C[C@H](CCCCCCCCC/C=C/[C@@H](O[Si](C)(C)C(C)(C)C)[C@@H](N)CO[Si](C)(C)C(C)(C)C)O[Si](C)(C)C(C)(C)C. The lowest BCUT2D eigenvalue weighted by Crippen LogP contribution is -2.52. The molecule has 0 aliphatic rings. The molecule has 2 N–H and O–H groups in total. The molecule has 3 atom stereocenters. The van der Waals surface area contributed by atoms with Crippen molar-refractivity contribution in [1.29, 1.82) is 0 Å². The van der Waals surface area contributed by atoms with E-state index in [1.807, 2.05) is 0 Å². The van der Waals surface area contributed by atoms with Crippen molar-refractivity contribution in [3.05, 3.63) is 12.2 Å². The van der Waals surface area contributed by atoms with E-state index in [2.05, 4.69) is 128 Å². The highest BCUT2D eigenvalue weighted by molar-refractivity contribution is 6.75. The molecule has 0 unspecified atom stereocenters. The van der Waals surface area contributed by atoms with Crippen molar-refractivity contribution in [2.75, 3.05) is 6.61 Å². The van der Waals surface area contributed by atoms with Gasteiger partial charge >= 0.3 is 0 Å². The number of nitrogens with two attached hydrogens (primary N) is 1. The zero-order valence-corrected chi connectivity index (χ0v) is 36.0. The molecule has 0 radical (unpaired) electrons. The summed E-state index contributed by atoms with van der Waals surface area (Å²) in [5.41, 5.74) is 6.77. The van der Waals surface area contributed by atoms with Gasteiger partial charge < -0.3 is 19.0 Å². The molecule has 0 aromatic carbocycles. The highest BCUT2D eigenvalue weighted by atomic mass is 28.4. The molecule has 4 nitrogen and oxygen atoms in total. The van der Waals surface area contributed by atoms with Crippen LogP contribution < -0.4 is 5.73 Å². The minimum absolute atomic E-state index is 0.0965. The molecule has 0 rings (SSSR count). The van der Waals surface area contributed by atoms with E-state index in [0.717, 1.165) is 6.42 Å². The maximum atomic E-state index is 6.83. The highest BCUT2D eigenvalue weighted by Crippen LogP contribution is 2.40. The smallest absolute Gasteiger partial charge is 0.192 e. The fourth-order valence-electron chi connectivity index (χ4n) is 4.49. The maximum absolute atomic E-state index is 6.83. The van der Waals surface area contributed by atoms with Crippen molar-refractivity contribution >= 4 is 25.0 Å². The Morgan fingerprint density at radius 2 is 1.05 bits per heavy atom. The first-order valence-electron chi connectivity index (χ1n) is 18.2. The van der Waals surface area contributed by atoms with E-state index in [0.29, 0.717) is 18.6 Å². The molecule has 0 spiro atoms. The summed E-state index contributed by atoms with van der Waals surface area (Å²) in [5.74, 6) is 0.694. The zero-order chi connectivity index (χ0) is 34.6. The Bertz CT molecular complexity index is 804. The van der Waals surface area contributed by atoms with Gasteiger partial charge in [0.2, 0.25) is 0 Å². The molecule has 264 valence electrons. The number of hydrogen-bond acceptors (Lipinski definition) is 4. The van der Waals surface area contributed by atoms with Gasteiger partial charge in [0, 0.05) is 6.10 Å². The third-order valence-corrected chi connectivity index (χ3v) is 24.3. The van der Waals surface area contributed by atoms with Crippen LogP contribution in [-0.4, -0.2) is 49.8 Å². The third-order valence-electron chi connectivity index (χ3n) is 10.8. The monoisotopic (exact) mass is 672 g/mol. The van der Waals surface area contributed by atoms with Crippen LogP contribution in [0.3, 0.4) is 0 Å². The predicted molar refractivity (Wildman–Crippen MR) is 205 cm³/mol. The molecule has 0 aliphatic carbocycles. The van der Waals surface area contributed by atoms with Crippen LogP contribution in [0.15, 0.2) is 12.2 Å². The molecule has 0 aliphatic heterocycles. The molecule has 0 bridgehead atoms. The first-order valence-corrected chi connectivity index (χ1v) is 26.9. The summed E-state index contributed by atoms with van der Waals surface area (Å²) >= 11 is 0. The Labute approximate surface area is 280 Å². The summed E-state index contributed by atoms with van der Waals surface area (Å²) in [4.78, 5) is 0. The Morgan fingerprint density at radius 1 is 0.614 bits per heavy atom. The molecule has 0 saturated heterocycles. The van der Waals surface area contributed by atoms with Gasteiger partial charge in [0.25, 0.3) is 0 Å². The number of allylic oxidation sites excluding steroid dienone is 1.